The van der Waals surface area contributed by atoms with Crippen LogP contribution in [0.25, 0.3) is 0 Å². The fraction of sp³-hybridized carbons (Fsp3) is 0.818. The molecule has 15 heavy (non-hydrogen) atoms. The van der Waals surface area contributed by atoms with E-state index in [-0.39, 0.29) is 0 Å². The molecule has 0 bridgehead atoms. The molecule has 4 nitrogen and oxygen atoms in total. The number of hydrogen-bond donors (Lipinski definition) is 1. The molecule has 0 saturated heterocycles. The molecule has 2 rings (SSSR count). The minimum atomic E-state index is 0.620. The lowest BCUT2D eigenvalue weighted by Crippen LogP contribution is -2.11. The van der Waals surface area contributed by atoms with Gasteiger partial charge in [0.05, 0.1) is 11.4 Å². The molecule has 1 heterocycles. The van der Waals surface area contributed by atoms with E-state index in [9.17, 15) is 0 Å². The minimum absolute atomic E-state index is 0.620. The lowest BCUT2D eigenvalue weighted by molar-refractivity contribution is 0.459. The molecular formula is C11H20N4. The van der Waals surface area contributed by atoms with Crippen LogP contribution in [0.3, 0.4) is 0 Å². The van der Waals surface area contributed by atoms with Crippen LogP contribution in [0, 0.1) is 5.92 Å². The van der Waals surface area contributed by atoms with Gasteiger partial charge in [-0.15, -0.1) is 5.10 Å². The van der Waals surface area contributed by atoms with Gasteiger partial charge in [-0.1, -0.05) is 19.1 Å². The van der Waals surface area contributed by atoms with Crippen LogP contribution in [-0.2, 0) is 13.0 Å². The Bertz CT molecular complexity index is 325. The van der Waals surface area contributed by atoms with Crippen molar-refractivity contribution in [3.63, 3.8) is 0 Å². The van der Waals surface area contributed by atoms with E-state index in [1.54, 1.807) is 0 Å². The lowest BCUT2D eigenvalue weighted by atomic mass is 10.1. The molecular weight excluding hydrogens is 188 g/mol. The van der Waals surface area contributed by atoms with Crippen LogP contribution in [-0.4, -0.2) is 21.5 Å². The fourth-order valence-electron chi connectivity index (χ4n) is 1.96. The Morgan fingerprint density at radius 2 is 2.20 bits per heavy atom. The molecule has 0 spiro atoms. The zero-order chi connectivity index (χ0) is 10.8. The predicted octanol–water partition coefficient (Wildman–Crippen LogP) is 1.31. The minimum Gasteiger partial charge on any atom is -0.330 e. The Hall–Kier alpha value is -0.900. The highest BCUT2D eigenvalue weighted by Gasteiger charge is 2.30. The van der Waals surface area contributed by atoms with E-state index in [0.29, 0.717) is 18.4 Å². The maximum absolute atomic E-state index is 5.58. The molecule has 2 N–H and O–H groups in total. The first-order valence-corrected chi connectivity index (χ1v) is 5.84. The number of rotatable bonds is 5. The quantitative estimate of drug-likeness (QED) is 0.793. The van der Waals surface area contributed by atoms with Crippen molar-refractivity contribution in [3.8, 4) is 0 Å². The molecule has 1 aliphatic rings. The predicted molar refractivity (Wildman–Crippen MR) is 59.6 cm³/mol. The molecule has 1 aromatic rings. The number of hydrogen-bond acceptors (Lipinski definition) is 3. The van der Waals surface area contributed by atoms with Gasteiger partial charge in [0, 0.05) is 18.9 Å². The molecule has 0 aliphatic heterocycles. The Labute approximate surface area is 90.8 Å². The number of nitrogens with zero attached hydrogens (tertiary/aromatic N) is 3. The Morgan fingerprint density at radius 3 is 2.73 bits per heavy atom. The first-order valence-electron chi connectivity index (χ1n) is 5.84. The zero-order valence-electron chi connectivity index (χ0n) is 9.61. The summed E-state index contributed by atoms with van der Waals surface area (Å²) in [5.41, 5.74) is 8.06. The second-order valence-corrected chi connectivity index (χ2v) is 4.81. The summed E-state index contributed by atoms with van der Waals surface area (Å²) in [5.74, 6) is 1.33. The highest BCUT2D eigenvalue weighted by atomic mass is 15.4. The van der Waals surface area contributed by atoms with Gasteiger partial charge in [0.25, 0.3) is 0 Å². The largest absolute Gasteiger partial charge is 0.330 e. The zero-order valence-corrected chi connectivity index (χ0v) is 9.61. The van der Waals surface area contributed by atoms with Crippen molar-refractivity contribution >= 4 is 0 Å². The van der Waals surface area contributed by atoms with Crippen LogP contribution in [0.2, 0.25) is 0 Å². The average Bonchev–Trinajstić information content (AvgIpc) is 2.92. The smallest absolute Gasteiger partial charge is 0.0874 e. The summed E-state index contributed by atoms with van der Waals surface area (Å²) >= 11 is 0. The molecule has 84 valence electrons. The Kier molecular flexibility index (Phi) is 3.05. The van der Waals surface area contributed by atoms with Gasteiger partial charge in [-0.2, -0.15) is 0 Å². The summed E-state index contributed by atoms with van der Waals surface area (Å²) in [6, 6.07) is 0. The molecule has 1 fully saturated rings. The lowest BCUT2D eigenvalue weighted by Gasteiger charge is -2.08. The van der Waals surface area contributed by atoms with Crippen molar-refractivity contribution in [2.24, 2.45) is 11.7 Å². The van der Waals surface area contributed by atoms with E-state index >= 15 is 0 Å². The van der Waals surface area contributed by atoms with Gasteiger partial charge in [-0.25, -0.2) is 4.68 Å². The molecule has 0 aromatic carbocycles. The van der Waals surface area contributed by atoms with Crippen molar-refractivity contribution in [2.75, 3.05) is 6.54 Å². The third-order valence-electron chi connectivity index (χ3n) is 2.73. The normalized spacial score (nSPS) is 16.3. The fourth-order valence-corrected chi connectivity index (χ4v) is 1.96. The van der Waals surface area contributed by atoms with Gasteiger partial charge < -0.3 is 5.73 Å². The Morgan fingerprint density at radius 1 is 1.47 bits per heavy atom. The SMILES string of the molecule is CC(C)Cn1nnc(CCN)c1C1CC1. The second kappa shape index (κ2) is 4.31. The van der Waals surface area contributed by atoms with Crippen molar-refractivity contribution in [1.82, 2.24) is 15.0 Å². The van der Waals surface area contributed by atoms with Gasteiger partial charge in [0.2, 0.25) is 0 Å². The van der Waals surface area contributed by atoms with Crippen LogP contribution in [0.1, 0.15) is 44.0 Å². The summed E-state index contributed by atoms with van der Waals surface area (Å²) < 4.78 is 2.09. The average molecular weight is 208 g/mol. The monoisotopic (exact) mass is 208 g/mol. The van der Waals surface area contributed by atoms with Gasteiger partial charge in [-0.05, 0) is 25.3 Å². The van der Waals surface area contributed by atoms with Crippen molar-refractivity contribution < 1.29 is 0 Å². The molecule has 1 aromatic heterocycles. The van der Waals surface area contributed by atoms with Crippen molar-refractivity contribution in [3.05, 3.63) is 11.4 Å². The van der Waals surface area contributed by atoms with E-state index in [4.69, 9.17) is 5.73 Å². The molecule has 0 unspecified atom stereocenters. The summed E-state index contributed by atoms with van der Waals surface area (Å²) in [7, 11) is 0. The number of nitrogens with two attached hydrogens (primary N) is 1. The molecule has 4 heteroatoms. The second-order valence-electron chi connectivity index (χ2n) is 4.81. The number of aromatic nitrogens is 3. The van der Waals surface area contributed by atoms with Gasteiger partial charge in [0.1, 0.15) is 0 Å². The summed E-state index contributed by atoms with van der Waals surface area (Å²) in [5, 5.41) is 8.50. The van der Waals surface area contributed by atoms with Crippen LogP contribution in [0.15, 0.2) is 0 Å². The van der Waals surface area contributed by atoms with E-state index in [1.165, 1.54) is 18.5 Å². The maximum Gasteiger partial charge on any atom is 0.0874 e. The van der Waals surface area contributed by atoms with E-state index < -0.39 is 0 Å². The summed E-state index contributed by atoms with van der Waals surface area (Å²) in [6.45, 7) is 6.06. The third-order valence-corrected chi connectivity index (χ3v) is 2.73. The van der Waals surface area contributed by atoms with Gasteiger partial charge in [-0.3, -0.25) is 0 Å². The molecule has 0 atom stereocenters. The molecule has 0 amide bonds. The first kappa shape index (κ1) is 10.6. The topological polar surface area (TPSA) is 56.7 Å². The van der Waals surface area contributed by atoms with Crippen molar-refractivity contribution in [2.45, 2.75) is 45.6 Å². The third kappa shape index (κ3) is 2.37. The van der Waals surface area contributed by atoms with Crippen LogP contribution in [0.5, 0.6) is 0 Å². The highest BCUT2D eigenvalue weighted by molar-refractivity contribution is 5.20. The van der Waals surface area contributed by atoms with E-state index in [2.05, 4.69) is 28.8 Å². The standard InChI is InChI=1S/C11H20N4/c1-8(2)7-15-11(9-3-4-9)10(5-6-12)13-14-15/h8-9H,3-7,12H2,1-2H3. The van der Waals surface area contributed by atoms with Gasteiger partial charge >= 0.3 is 0 Å². The van der Waals surface area contributed by atoms with Gasteiger partial charge in [0.15, 0.2) is 0 Å². The van der Waals surface area contributed by atoms with Crippen LogP contribution < -0.4 is 5.73 Å². The molecule has 1 aliphatic carbocycles. The maximum atomic E-state index is 5.58. The summed E-state index contributed by atoms with van der Waals surface area (Å²) in [6.07, 6.45) is 3.45. The first-order chi connectivity index (χ1) is 7.22. The van der Waals surface area contributed by atoms with E-state index in [1.807, 2.05) is 0 Å². The Balaban J connectivity index is 2.21. The highest BCUT2D eigenvalue weighted by Crippen LogP contribution is 2.41. The van der Waals surface area contributed by atoms with E-state index in [0.717, 1.165) is 18.7 Å². The summed E-state index contributed by atoms with van der Waals surface area (Å²) in [4.78, 5) is 0. The van der Waals surface area contributed by atoms with Crippen molar-refractivity contribution in [1.29, 1.82) is 0 Å². The molecule has 0 radical (unpaired) electrons. The molecule has 1 saturated carbocycles. The van der Waals surface area contributed by atoms with Crippen LogP contribution >= 0.6 is 0 Å². The van der Waals surface area contributed by atoms with Crippen LogP contribution in [0.4, 0.5) is 0 Å².